The molecule has 0 saturated carbocycles. The van der Waals surface area contributed by atoms with Gasteiger partial charge in [0.15, 0.2) is 10.9 Å². The molecular formula is C13H12BrFN4S. The van der Waals surface area contributed by atoms with E-state index in [-0.39, 0.29) is 5.82 Å². The first kappa shape index (κ1) is 14.8. The van der Waals surface area contributed by atoms with Crippen LogP contribution < -0.4 is 10.6 Å². The molecule has 7 heteroatoms. The second kappa shape index (κ2) is 7.25. The third-order valence-corrected chi connectivity index (χ3v) is 3.35. The lowest BCUT2D eigenvalue weighted by Crippen LogP contribution is -2.30. The number of hydrogen-bond donors (Lipinski definition) is 2. The molecule has 1 aromatic heterocycles. The Morgan fingerprint density at radius 3 is 2.75 bits per heavy atom. The van der Waals surface area contributed by atoms with Gasteiger partial charge in [-0.3, -0.25) is 0 Å². The zero-order valence-electron chi connectivity index (χ0n) is 10.4. The lowest BCUT2D eigenvalue weighted by Gasteiger charge is -2.10. The van der Waals surface area contributed by atoms with Crippen LogP contribution in [-0.4, -0.2) is 21.6 Å². The molecule has 1 aromatic carbocycles. The molecular weight excluding hydrogens is 343 g/mol. The maximum Gasteiger partial charge on any atom is 0.172 e. The number of anilines is 1. The van der Waals surface area contributed by atoms with Crippen LogP contribution in [0.15, 0.2) is 41.3 Å². The molecule has 0 aliphatic heterocycles. The number of nitrogens with zero attached hydrogens (tertiary/aromatic N) is 2. The van der Waals surface area contributed by atoms with Gasteiger partial charge in [-0.1, -0.05) is 18.2 Å². The predicted molar refractivity (Wildman–Crippen MR) is 84.1 cm³/mol. The maximum atomic E-state index is 13.4. The summed E-state index contributed by atoms with van der Waals surface area (Å²) in [4.78, 5) is 8.12. The lowest BCUT2D eigenvalue weighted by molar-refractivity contribution is 0.607. The molecule has 2 N–H and O–H groups in total. The maximum absolute atomic E-state index is 13.4. The van der Waals surface area contributed by atoms with Gasteiger partial charge in [-0.25, -0.2) is 14.4 Å². The standard InChI is InChI=1S/C13H12BrFN4S/c14-11-12(17-8-7-16-11)19-13(20)18-6-5-9-3-1-2-4-10(9)15/h1-4,7-8H,5-6H2,(H2,17,18,19,20). The molecule has 1 heterocycles. The fourth-order valence-electron chi connectivity index (χ4n) is 1.57. The van der Waals surface area contributed by atoms with E-state index in [4.69, 9.17) is 12.2 Å². The Balaban J connectivity index is 1.82. The number of hydrogen-bond acceptors (Lipinski definition) is 3. The first-order valence-corrected chi connectivity index (χ1v) is 7.11. The van der Waals surface area contributed by atoms with Crippen LogP contribution in [0.4, 0.5) is 10.2 Å². The van der Waals surface area contributed by atoms with Crippen LogP contribution in [0.2, 0.25) is 0 Å². The van der Waals surface area contributed by atoms with Gasteiger partial charge in [0.1, 0.15) is 10.4 Å². The highest BCUT2D eigenvalue weighted by molar-refractivity contribution is 9.10. The summed E-state index contributed by atoms with van der Waals surface area (Å²) in [6, 6.07) is 6.69. The van der Waals surface area contributed by atoms with Crippen molar-refractivity contribution >= 4 is 39.1 Å². The van der Waals surface area contributed by atoms with Crippen molar-refractivity contribution in [1.82, 2.24) is 15.3 Å². The quantitative estimate of drug-likeness (QED) is 0.826. The largest absolute Gasteiger partial charge is 0.362 e. The van der Waals surface area contributed by atoms with Gasteiger partial charge in [0, 0.05) is 18.9 Å². The Morgan fingerprint density at radius 2 is 2.00 bits per heavy atom. The summed E-state index contributed by atoms with van der Waals surface area (Å²) in [5.41, 5.74) is 0.656. The van der Waals surface area contributed by atoms with Gasteiger partial charge < -0.3 is 10.6 Å². The third-order valence-electron chi connectivity index (χ3n) is 2.52. The predicted octanol–water partition coefficient (Wildman–Crippen LogP) is 2.91. The van der Waals surface area contributed by atoms with Gasteiger partial charge in [-0.2, -0.15) is 0 Å². The van der Waals surface area contributed by atoms with Crippen molar-refractivity contribution in [2.45, 2.75) is 6.42 Å². The minimum atomic E-state index is -0.204. The SMILES string of the molecule is Fc1ccccc1CCNC(=S)Nc1nccnc1Br. The molecule has 2 rings (SSSR count). The molecule has 2 aromatic rings. The number of nitrogens with one attached hydrogen (secondary N) is 2. The molecule has 104 valence electrons. The van der Waals surface area contributed by atoms with E-state index >= 15 is 0 Å². The van der Waals surface area contributed by atoms with Gasteiger partial charge in [-0.15, -0.1) is 0 Å². The highest BCUT2D eigenvalue weighted by atomic mass is 79.9. The van der Waals surface area contributed by atoms with E-state index in [0.29, 0.717) is 34.1 Å². The fraction of sp³-hybridized carbons (Fsp3) is 0.154. The van der Waals surface area contributed by atoms with Gasteiger partial charge in [0.2, 0.25) is 0 Å². The van der Waals surface area contributed by atoms with E-state index in [1.807, 2.05) is 6.07 Å². The molecule has 0 spiro atoms. The molecule has 0 radical (unpaired) electrons. The summed E-state index contributed by atoms with van der Waals surface area (Å²) in [6.07, 6.45) is 3.69. The summed E-state index contributed by atoms with van der Waals surface area (Å²) in [7, 11) is 0. The number of rotatable bonds is 4. The van der Waals surface area contributed by atoms with Crippen molar-refractivity contribution in [3.8, 4) is 0 Å². The monoisotopic (exact) mass is 354 g/mol. The minimum absolute atomic E-state index is 0.204. The van der Waals surface area contributed by atoms with Crippen molar-refractivity contribution in [2.24, 2.45) is 0 Å². The zero-order valence-corrected chi connectivity index (χ0v) is 12.8. The van der Waals surface area contributed by atoms with Crippen LogP contribution in [0.25, 0.3) is 0 Å². The van der Waals surface area contributed by atoms with Crippen LogP contribution in [0.3, 0.4) is 0 Å². The average Bonchev–Trinajstić information content (AvgIpc) is 2.43. The van der Waals surface area contributed by atoms with E-state index in [9.17, 15) is 4.39 Å². The normalized spacial score (nSPS) is 10.1. The van der Waals surface area contributed by atoms with E-state index in [2.05, 4.69) is 36.5 Å². The van der Waals surface area contributed by atoms with Crippen LogP contribution in [0.5, 0.6) is 0 Å². The van der Waals surface area contributed by atoms with Gasteiger partial charge in [0.05, 0.1) is 0 Å². The van der Waals surface area contributed by atoms with E-state index in [1.54, 1.807) is 24.5 Å². The Kier molecular flexibility index (Phi) is 5.37. The zero-order chi connectivity index (χ0) is 14.4. The summed E-state index contributed by atoms with van der Waals surface area (Å²) in [6.45, 7) is 0.532. The Bertz CT molecular complexity index is 608. The van der Waals surface area contributed by atoms with Gasteiger partial charge in [-0.05, 0) is 46.2 Å². The molecule has 0 atom stereocenters. The van der Waals surface area contributed by atoms with Crippen molar-refractivity contribution < 1.29 is 4.39 Å². The van der Waals surface area contributed by atoms with Crippen LogP contribution in [0.1, 0.15) is 5.56 Å². The summed E-state index contributed by atoms with van der Waals surface area (Å²) >= 11 is 8.41. The number of halogens is 2. The highest BCUT2D eigenvalue weighted by Gasteiger charge is 2.04. The second-order valence-electron chi connectivity index (χ2n) is 3.92. The fourth-order valence-corrected chi connectivity index (χ4v) is 2.09. The van der Waals surface area contributed by atoms with Crippen LogP contribution in [0, 0.1) is 5.82 Å². The third kappa shape index (κ3) is 4.21. The molecule has 0 aliphatic rings. The summed E-state index contributed by atoms with van der Waals surface area (Å²) in [5.74, 6) is 0.334. The first-order valence-electron chi connectivity index (χ1n) is 5.91. The summed E-state index contributed by atoms with van der Waals surface area (Å²) < 4.78 is 14.0. The molecule has 0 bridgehead atoms. The molecule has 0 unspecified atom stereocenters. The Labute approximate surface area is 130 Å². The molecule has 4 nitrogen and oxygen atoms in total. The lowest BCUT2D eigenvalue weighted by atomic mass is 10.1. The van der Waals surface area contributed by atoms with Crippen molar-refractivity contribution in [3.63, 3.8) is 0 Å². The number of benzene rings is 1. The van der Waals surface area contributed by atoms with E-state index in [1.165, 1.54) is 6.07 Å². The Hall–Kier alpha value is -1.60. The van der Waals surface area contributed by atoms with E-state index in [0.717, 1.165) is 0 Å². The number of aromatic nitrogens is 2. The molecule has 0 amide bonds. The molecule has 0 fully saturated rings. The molecule has 0 saturated heterocycles. The second-order valence-corrected chi connectivity index (χ2v) is 5.08. The number of thiocarbonyl (C=S) groups is 1. The minimum Gasteiger partial charge on any atom is -0.362 e. The summed E-state index contributed by atoms with van der Waals surface area (Å²) in [5, 5.41) is 6.34. The van der Waals surface area contributed by atoms with Crippen molar-refractivity contribution in [2.75, 3.05) is 11.9 Å². The van der Waals surface area contributed by atoms with Gasteiger partial charge in [0.25, 0.3) is 0 Å². The topological polar surface area (TPSA) is 49.8 Å². The van der Waals surface area contributed by atoms with Crippen molar-refractivity contribution in [1.29, 1.82) is 0 Å². The molecule has 0 aliphatic carbocycles. The van der Waals surface area contributed by atoms with E-state index < -0.39 is 0 Å². The smallest absolute Gasteiger partial charge is 0.172 e. The highest BCUT2D eigenvalue weighted by Crippen LogP contribution is 2.14. The van der Waals surface area contributed by atoms with Gasteiger partial charge >= 0.3 is 0 Å². The van der Waals surface area contributed by atoms with Crippen molar-refractivity contribution in [3.05, 3.63) is 52.6 Å². The van der Waals surface area contributed by atoms with Crippen LogP contribution >= 0.6 is 28.1 Å². The Morgan fingerprint density at radius 1 is 1.25 bits per heavy atom. The average molecular weight is 355 g/mol. The van der Waals surface area contributed by atoms with Crippen LogP contribution in [-0.2, 0) is 6.42 Å². The first-order chi connectivity index (χ1) is 9.66. The molecule has 20 heavy (non-hydrogen) atoms.